The van der Waals surface area contributed by atoms with Crippen LogP contribution in [0, 0.1) is 0 Å². The molecule has 2 aromatic rings. The Hall–Kier alpha value is -2.14. The van der Waals surface area contributed by atoms with Gasteiger partial charge in [-0.25, -0.2) is 0 Å². The van der Waals surface area contributed by atoms with Crippen LogP contribution in [0.4, 0.5) is 0 Å². The molecule has 0 unspecified atom stereocenters. The molecule has 1 aliphatic heterocycles. The topological polar surface area (TPSA) is 49.6 Å². The third-order valence-electron chi connectivity index (χ3n) is 4.98. The molecule has 5 heteroatoms. The van der Waals surface area contributed by atoms with Crippen molar-refractivity contribution in [2.75, 3.05) is 19.6 Å². The number of pyridine rings is 1. The zero-order valence-electron chi connectivity index (χ0n) is 15.1. The summed E-state index contributed by atoms with van der Waals surface area (Å²) < 4.78 is 5.94. The van der Waals surface area contributed by atoms with E-state index in [0.717, 1.165) is 24.4 Å². The lowest BCUT2D eigenvalue weighted by molar-refractivity contribution is 0.0712. The molecule has 0 spiro atoms. The first-order chi connectivity index (χ1) is 12.2. The highest BCUT2D eigenvalue weighted by Crippen LogP contribution is 2.26. The monoisotopic (exact) mass is 341 g/mol. The van der Waals surface area contributed by atoms with Crippen LogP contribution in [-0.4, -0.2) is 40.3 Å². The van der Waals surface area contributed by atoms with Crippen molar-refractivity contribution in [1.82, 2.24) is 14.8 Å². The number of carbonyl (C=O) groups is 1. The molecule has 0 radical (unpaired) electrons. The summed E-state index contributed by atoms with van der Waals surface area (Å²) in [5.41, 5.74) is 1.07. The van der Waals surface area contributed by atoms with E-state index in [0.29, 0.717) is 18.8 Å². The van der Waals surface area contributed by atoms with Gasteiger partial charge in [0.15, 0.2) is 5.76 Å². The number of nitrogens with zero attached hydrogens (tertiary/aromatic N) is 3. The van der Waals surface area contributed by atoms with E-state index >= 15 is 0 Å². The molecule has 2 aromatic heterocycles. The molecule has 5 nitrogen and oxygen atoms in total. The summed E-state index contributed by atoms with van der Waals surface area (Å²) in [4.78, 5) is 21.0. The standard InChI is InChI=1S/C20H27N3O2/c1-3-22(15-17-9-11-21-12-10-17)20(24)19-8-7-18(25-19)16(2)23-13-5-4-6-14-23/h7-12,16H,3-6,13-15H2,1-2H3/t16-/m1/s1. The van der Waals surface area contributed by atoms with Crippen LogP contribution in [0.5, 0.6) is 0 Å². The molecule has 1 saturated heterocycles. The largest absolute Gasteiger partial charge is 0.454 e. The van der Waals surface area contributed by atoms with Gasteiger partial charge in [-0.05, 0) is 69.6 Å². The van der Waals surface area contributed by atoms with Crippen molar-refractivity contribution in [3.8, 4) is 0 Å². The summed E-state index contributed by atoms with van der Waals surface area (Å²) in [6.07, 6.45) is 7.29. The average Bonchev–Trinajstić information content (AvgIpc) is 3.16. The van der Waals surface area contributed by atoms with Crippen LogP contribution in [-0.2, 0) is 6.54 Å². The molecule has 0 aliphatic carbocycles. The Morgan fingerprint density at radius 1 is 1.20 bits per heavy atom. The van der Waals surface area contributed by atoms with Crippen LogP contribution in [0.25, 0.3) is 0 Å². The summed E-state index contributed by atoms with van der Waals surface area (Å²) in [7, 11) is 0. The molecule has 3 heterocycles. The van der Waals surface area contributed by atoms with E-state index in [2.05, 4.69) is 16.8 Å². The van der Waals surface area contributed by atoms with Gasteiger partial charge in [0.2, 0.25) is 0 Å². The third-order valence-corrected chi connectivity index (χ3v) is 4.98. The lowest BCUT2D eigenvalue weighted by Gasteiger charge is -2.31. The molecular weight excluding hydrogens is 314 g/mol. The average molecular weight is 341 g/mol. The van der Waals surface area contributed by atoms with Gasteiger partial charge in [0.25, 0.3) is 5.91 Å². The lowest BCUT2D eigenvalue weighted by Crippen LogP contribution is -2.32. The van der Waals surface area contributed by atoms with E-state index in [4.69, 9.17) is 4.42 Å². The SMILES string of the molecule is CCN(Cc1ccncc1)C(=O)c1ccc([C@@H](C)N2CCCCC2)o1. The zero-order valence-corrected chi connectivity index (χ0v) is 15.1. The van der Waals surface area contributed by atoms with Crippen LogP contribution in [0.15, 0.2) is 41.1 Å². The maximum Gasteiger partial charge on any atom is 0.289 e. The first kappa shape index (κ1) is 17.7. The number of carbonyl (C=O) groups excluding carboxylic acids is 1. The second-order valence-corrected chi connectivity index (χ2v) is 6.65. The van der Waals surface area contributed by atoms with E-state index in [1.165, 1.54) is 19.3 Å². The molecule has 1 amide bonds. The summed E-state index contributed by atoms with van der Waals surface area (Å²) in [5.74, 6) is 1.25. The fourth-order valence-electron chi connectivity index (χ4n) is 3.37. The smallest absolute Gasteiger partial charge is 0.289 e. The van der Waals surface area contributed by atoms with Crippen molar-refractivity contribution < 1.29 is 9.21 Å². The summed E-state index contributed by atoms with van der Waals surface area (Å²) in [6, 6.07) is 7.85. The summed E-state index contributed by atoms with van der Waals surface area (Å²) in [5, 5.41) is 0. The zero-order chi connectivity index (χ0) is 17.6. The van der Waals surface area contributed by atoms with Crippen molar-refractivity contribution in [2.45, 2.75) is 45.7 Å². The van der Waals surface area contributed by atoms with Crippen LogP contribution in [0.3, 0.4) is 0 Å². The van der Waals surface area contributed by atoms with Crippen LogP contribution >= 0.6 is 0 Å². The van der Waals surface area contributed by atoms with E-state index in [9.17, 15) is 4.79 Å². The number of aromatic nitrogens is 1. The number of amides is 1. The Morgan fingerprint density at radius 2 is 1.92 bits per heavy atom. The van der Waals surface area contributed by atoms with Crippen molar-refractivity contribution in [2.24, 2.45) is 0 Å². The van der Waals surface area contributed by atoms with E-state index in [1.54, 1.807) is 17.3 Å². The normalized spacial score (nSPS) is 16.6. The predicted molar refractivity (Wildman–Crippen MR) is 97.2 cm³/mol. The minimum atomic E-state index is -0.0589. The van der Waals surface area contributed by atoms with Gasteiger partial charge in [0.1, 0.15) is 5.76 Å². The minimum Gasteiger partial charge on any atom is -0.454 e. The fourth-order valence-corrected chi connectivity index (χ4v) is 3.37. The summed E-state index contributed by atoms with van der Waals surface area (Å²) in [6.45, 7) is 7.56. The maximum absolute atomic E-state index is 12.8. The first-order valence-corrected chi connectivity index (χ1v) is 9.21. The number of hydrogen-bond acceptors (Lipinski definition) is 4. The Bertz CT molecular complexity index is 677. The maximum atomic E-state index is 12.8. The van der Waals surface area contributed by atoms with E-state index in [1.807, 2.05) is 31.2 Å². The minimum absolute atomic E-state index is 0.0589. The molecule has 0 saturated carbocycles. The van der Waals surface area contributed by atoms with Gasteiger partial charge in [-0.1, -0.05) is 6.42 Å². The molecule has 0 aromatic carbocycles. The first-order valence-electron chi connectivity index (χ1n) is 9.21. The van der Waals surface area contributed by atoms with Crippen molar-refractivity contribution in [3.05, 3.63) is 53.7 Å². The molecule has 1 aliphatic rings. The van der Waals surface area contributed by atoms with E-state index < -0.39 is 0 Å². The Balaban J connectivity index is 1.68. The molecule has 25 heavy (non-hydrogen) atoms. The Kier molecular flexibility index (Phi) is 5.87. The number of piperidine rings is 1. The fraction of sp³-hybridized carbons (Fsp3) is 0.500. The molecule has 134 valence electrons. The molecule has 0 bridgehead atoms. The molecular formula is C20H27N3O2. The molecule has 0 N–H and O–H groups in total. The van der Waals surface area contributed by atoms with Gasteiger partial charge in [-0.2, -0.15) is 0 Å². The Labute approximate surface area is 149 Å². The number of hydrogen-bond donors (Lipinski definition) is 0. The van der Waals surface area contributed by atoms with Crippen LogP contribution in [0.2, 0.25) is 0 Å². The van der Waals surface area contributed by atoms with Crippen LogP contribution in [0.1, 0.15) is 61.0 Å². The Morgan fingerprint density at radius 3 is 2.60 bits per heavy atom. The van der Waals surface area contributed by atoms with Crippen LogP contribution < -0.4 is 0 Å². The van der Waals surface area contributed by atoms with Gasteiger partial charge >= 0.3 is 0 Å². The van der Waals surface area contributed by atoms with Gasteiger partial charge in [0, 0.05) is 25.5 Å². The van der Waals surface area contributed by atoms with Gasteiger partial charge in [-0.3, -0.25) is 14.7 Å². The van der Waals surface area contributed by atoms with Gasteiger partial charge < -0.3 is 9.32 Å². The second-order valence-electron chi connectivity index (χ2n) is 6.65. The van der Waals surface area contributed by atoms with Crippen molar-refractivity contribution >= 4 is 5.91 Å². The quantitative estimate of drug-likeness (QED) is 0.800. The van der Waals surface area contributed by atoms with Gasteiger partial charge in [-0.15, -0.1) is 0 Å². The highest BCUT2D eigenvalue weighted by molar-refractivity contribution is 5.91. The van der Waals surface area contributed by atoms with E-state index in [-0.39, 0.29) is 11.9 Å². The molecule has 1 fully saturated rings. The number of rotatable bonds is 6. The number of furan rings is 1. The highest BCUT2D eigenvalue weighted by atomic mass is 16.4. The van der Waals surface area contributed by atoms with Crippen molar-refractivity contribution in [3.63, 3.8) is 0 Å². The third kappa shape index (κ3) is 4.28. The number of likely N-dealkylation sites (tertiary alicyclic amines) is 1. The highest BCUT2D eigenvalue weighted by Gasteiger charge is 2.23. The van der Waals surface area contributed by atoms with Gasteiger partial charge in [0.05, 0.1) is 6.04 Å². The van der Waals surface area contributed by atoms with Crippen molar-refractivity contribution in [1.29, 1.82) is 0 Å². The molecule has 3 rings (SSSR count). The summed E-state index contributed by atoms with van der Waals surface area (Å²) >= 11 is 0. The second kappa shape index (κ2) is 8.30. The molecule has 1 atom stereocenters. The lowest BCUT2D eigenvalue weighted by atomic mass is 10.1. The predicted octanol–water partition coefficient (Wildman–Crippen LogP) is 3.88.